The Kier molecular flexibility index (Phi) is 10.4. The number of hydrogen-bond donors (Lipinski definition) is 1. The molecule has 31 heavy (non-hydrogen) atoms. The number of rotatable bonds is 4. The van der Waals surface area contributed by atoms with Crippen molar-refractivity contribution in [3.05, 3.63) is 18.2 Å². The minimum atomic E-state index is 0.236. The SMILES string of the molecule is CC.CC(C)c1ncc(N2CCN(C3CC4(CCCCC4)C3)C(CO)C2)cn1.CC=O. The molecule has 3 fully saturated rings. The van der Waals surface area contributed by atoms with Crippen LogP contribution < -0.4 is 4.90 Å². The van der Waals surface area contributed by atoms with Crippen molar-refractivity contribution in [1.82, 2.24) is 14.9 Å². The minimum Gasteiger partial charge on any atom is -0.395 e. The molecular weight excluding hydrogens is 388 g/mol. The van der Waals surface area contributed by atoms with Crippen molar-refractivity contribution in [3.8, 4) is 0 Å². The molecule has 1 aliphatic heterocycles. The number of nitrogens with zero attached hydrogens (tertiary/aromatic N) is 4. The third-order valence-electron chi connectivity index (χ3n) is 7.00. The van der Waals surface area contributed by atoms with Gasteiger partial charge in [-0.25, -0.2) is 9.97 Å². The average Bonchev–Trinajstić information content (AvgIpc) is 2.79. The summed E-state index contributed by atoms with van der Waals surface area (Å²) in [7, 11) is 0. The third kappa shape index (κ3) is 6.48. The molecule has 1 saturated heterocycles. The number of hydrogen-bond acceptors (Lipinski definition) is 6. The quantitative estimate of drug-likeness (QED) is 0.710. The van der Waals surface area contributed by atoms with E-state index >= 15 is 0 Å². The largest absolute Gasteiger partial charge is 0.395 e. The van der Waals surface area contributed by atoms with E-state index in [-0.39, 0.29) is 12.6 Å². The van der Waals surface area contributed by atoms with Gasteiger partial charge in [-0.05, 0) is 38.0 Å². The van der Waals surface area contributed by atoms with Crippen LogP contribution in [0.5, 0.6) is 0 Å². The molecule has 1 atom stereocenters. The van der Waals surface area contributed by atoms with Crippen molar-refractivity contribution in [3.63, 3.8) is 0 Å². The molecule has 4 rings (SSSR count). The van der Waals surface area contributed by atoms with E-state index in [4.69, 9.17) is 4.79 Å². The van der Waals surface area contributed by atoms with Gasteiger partial charge in [0.05, 0.1) is 30.7 Å². The molecule has 2 aliphatic carbocycles. The lowest BCUT2D eigenvalue weighted by Gasteiger charge is -2.57. The zero-order valence-corrected chi connectivity index (χ0v) is 20.4. The number of carbonyl (C=O) groups excluding carboxylic acids is 1. The average molecular weight is 433 g/mol. The fraction of sp³-hybridized carbons (Fsp3) is 0.800. The summed E-state index contributed by atoms with van der Waals surface area (Å²) in [5, 5.41) is 10.0. The van der Waals surface area contributed by atoms with Gasteiger partial charge in [0.15, 0.2) is 0 Å². The van der Waals surface area contributed by atoms with Crippen LogP contribution in [0.4, 0.5) is 5.69 Å². The molecule has 1 N–H and O–H groups in total. The smallest absolute Gasteiger partial charge is 0.130 e. The summed E-state index contributed by atoms with van der Waals surface area (Å²) < 4.78 is 0. The molecule has 1 spiro atoms. The number of aliphatic hydroxyl groups is 1. The number of carbonyl (C=O) groups is 1. The van der Waals surface area contributed by atoms with Crippen molar-refractivity contribution >= 4 is 12.0 Å². The van der Waals surface area contributed by atoms with E-state index < -0.39 is 0 Å². The van der Waals surface area contributed by atoms with Crippen molar-refractivity contribution in [1.29, 1.82) is 0 Å². The Morgan fingerprint density at radius 2 is 1.71 bits per heavy atom. The molecule has 6 heteroatoms. The zero-order valence-electron chi connectivity index (χ0n) is 20.4. The van der Waals surface area contributed by atoms with Gasteiger partial charge in [0.25, 0.3) is 0 Å². The molecular formula is C25H44N4O2. The van der Waals surface area contributed by atoms with Crippen LogP contribution >= 0.6 is 0 Å². The molecule has 1 aromatic rings. The predicted octanol–water partition coefficient (Wildman–Crippen LogP) is 4.43. The zero-order chi connectivity index (χ0) is 22.9. The van der Waals surface area contributed by atoms with Crippen LogP contribution in [-0.2, 0) is 4.79 Å². The fourth-order valence-electron chi connectivity index (χ4n) is 5.42. The van der Waals surface area contributed by atoms with Crippen LogP contribution in [-0.4, -0.2) is 64.6 Å². The molecule has 6 nitrogen and oxygen atoms in total. The Hall–Kier alpha value is -1.53. The highest BCUT2D eigenvalue weighted by molar-refractivity contribution is 5.44. The maximum absolute atomic E-state index is 10.0. The van der Waals surface area contributed by atoms with Crippen LogP contribution in [0.25, 0.3) is 0 Å². The second kappa shape index (κ2) is 12.5. The Balaban J connectivity index is 0.000000630. The van der Waals surface area contributed by atoms with Crippen LogP contribution in [0.3, 0.4) is 0 Å². The minimum absolute atomic E-state index is 0.236. The number of piperazine rings is 1. The first-order valence-electron chi connectivity index (χ1n) is 12.3. The van der Waals surface area contributed by atoms with Gasteiger partial charge < -0.3 is 14.8 Å². The first kappa shape index (κ1) is 25.7. The first-order chi connectivity index (χ1) is 15.0. The van der Waals surface area contributed by atoms with Crippen LogP contribution in [0.2, 0.25) is 0 Å². The lowest BCUT2D eigenvalue weighted by Crippen LogP contribution is -2.62. The van der Waals surface area contributed by atoms with E-state index in [0.717, 1.165) is 37.4 Å². The molecule has 3 aliphatic rings. The Morgan fingerprint density at radius 1 is 1.13 bits per heavy atom. The molecule has 176 valence electrons. The van der Waals surface area contributed by atoms with E-state index in [1.807, 2.05) is 26.2 Å². The summed E-state index contributed by atoms with van der Waals surface area (Å²) in [6.45, 7) is 12.8. The molecule has 2 heterocycles. The highest BCUT2D eigenvalue weighted by Gasteiger charge is 2.48. The maximum Gasteiger partial charge on any atom is 0.130 e. The molecule has 2 saturated carbocycles. The van der Waals surface area contributed by atoms with Crippen molar-refractivity contribution in [2.75, 3.05) is 31.1 Å². The highest BCUT2D eigenvalue weighted by Crippen LogP contribution is 2.53. The standard InChI is InChI=1S/C21H34N4O.C2H4O.C2H6/c1-16(2)20-22-12-18(13-23-20)24-8-9-25(19(14-24)15-26)17-10-21(11-17)6-4-3-5-7-21;1-2-3;1-2/h12-13,16-17,19,26H,3-11,14-15H2,1-2H3;2H,1H3;1-2H3. The number of anilines is 1. The number of aldehydes is 1. The van der Waals surface area contributed by atoms with Gasteiger partial charge in [0, 0.05) is 31.6 Å². The van der Waals surface area contributed by atoms with E-state index in [1.54, 1.807) is 0 Å². The fourth-order valence-corrected chi connectivity index (χ4v) is 5.42. The van der Waals surface area contributed by atoms with Gasteiger partial charge in [-0.15, -0.1) is 0 Å². The summed E-state index contributed by atoms with van der Waals surface area (Å²) in [6.07, 6.45) is 14.5. The molecule has 0 aromatic carbocycles. The van der Waals surface area contributed by atoms with Gasteiger partial charge in [-0.2, -0.15) is 0 Å². The topological polar surface area (TPSA) is 69.6 Å². The Bertz CT molecular complexity index is 635. The lowest BCUT2D eigenvalue weighted by molar-refractivity contribution is -0.106. The predicted molar refractivity (Wildman–Crippen MR) is 128 cm³/mol. The van der Waals surface area contributed by atoms with Crippen molar-refractivity contribution in [2.24, 2.45) is 5.41 Å². The Labute approximate surface area is 189 Å². The van der Waals surface area contributed by atoms with Gasteiger partial charge in [0.2, 0.25) is 0 Å². The summed E-state index contributed by atoms with van der Waals surface area (Å²) >= 11 is 0. The van der Waals surface area contributed by atoms with E-state index in [0.29, 0.717) is 17.4 Å². The molecule has 1 aromatic heterocycles. The summed E-state index contributed by atoms with van der Waals surface area (Å²) in [5.41, 5.74) is 1.74. The summed E-state index contributed by atoms with van der Waals surface area (Å²) in [6, 6.07) is 0.923. The van der Waals surface area contributed by atoms with E-state index in [1.165, 1.54) is 51.9 Å². The van der Waals surface area contributed by atoms with Gasteiger partial charge in [-0.3, -0.25) is 4.90 Å². The normalized spacial score (nSPS) is 23.3. The monoisotopic (exact) mass is 432 g/mol. The molecule has 0 radical (unpaired) electrons. The Morgan fingerprint density at radius 3 is 2.23 bits per heavy atom. The van der Waals surface area contributed by atoms with E-state index in [9.17, 15) is 5.11 Å². The second-order valence-corrected chi connectivity index (χ2v) is 9.33. The van der Waals surface area contributed by atoms with Gasteiger partial charge in [-0.1, -0.05) is 47.0 Å². The van der Waals surface area contributed by atoms with Crippen LogP contribution in [0.15, 0.2) is 12.4 Å². The molecule has 0 amide bonds. The molecule has 1 unspecified atom stereocenters. The van der Waals surface area contributed by atoms with Crippen molar-refractivity contribution in [2.45, 2.75) is 97.6 Å². The first-order valence-corrected chi connectivity index (χ1v) is 12.3. The highest BCUT2D eigenvalue weighted by atomic mass is 16.3. The van der Waals surface area contributed by atoms with Gasteiger partial charge >= 0.3 is 0 Å². The second-order valence-electron chi connectivity index (χ2n) is 9.33. The van der Waals surface area contributed by atoms with Crippen LogP contribution in [0.1, 0.15) is 91.3 Å². The van der Waals surface area contributed by atoms with Crippen molar-refractivity contribution < 1.29 is 9.90 Å². The van der Waals surface area contributed by atoms with Gasteiger partial charge in [0.1, 0.15) is 12.1 Å². The lowest BCUT2D eigenvalue weighted by atomic mass is 9.58. The number of aromatic nitrogens is 2. The van der Waals surface area contributed by atoms with Crippen LogP contribution in [0, 0.1) is 5.41 Å². The summed E-state index contributed by atoms with van der Waals surface area (Å²) in [5.74, 6) is 1.26. The van der Waals surface area contributed by atoms with E-state index in [2.05, 4.69) is 33.6 Å². The third-order valence-corrected chi connectivity index (χ3v) is 7.00. The number of aliphatic hydroxyl groups excluding tert-OH is 1. The summed E-state index contributed by atoms with van der Waals surface area (Å²) in [4.78, 5) is 22.8. The maximum atomic E-state index is 10.0. The molecule has 0 bridgehead atoms.